The Morgan fingerprint density at radius 3 is 2.29 bits per heavy atom. The molecule has 1 amide bonds. The van der Waals surface area contributed by atoms with Crippen molar-refractivity contribution in [3.8, 4) is 0 Å². The predicted octanol–water partition coefficient (Wildman–Crippen LogP) is 5.61. The van der Waals surface area contributed by atoms with E-state index in [1.54, 1.807) is 26.0 Å². The van der Waals surface area contributed by atoms with Gasteiger partial charge in [-0.2, -0.15) is 13.2 Å². The molecule has 2 heterocycles. The molecule has 11 heteroatoms. The SMILES string of the molecule is CCS(=O)(=O)c1ccc([C@H](NC(=O)c2cnc3c(c2)CN(C[C@H]2CC[C@H](C(F)(F)F)CC2)[C@H]3C(C)C)[C@@H](C)O)cc1. The summed E-state index contributed by atoms with van der Waals surface area (Å²) < 4.78 is 63.7. The first-order valence-electron chi connectivity index (χ1n) is 14.3. The summed E-state index contributed by atoms with van der Waals surface area (Å²) in [6.45, 7) is 8.57. The third-order valence-corrected chi connectivity index (χ3v) is 10.2. The van der Waals surface area contributed by atoms with E-state index in [-0.39, 0.29) is 41.4 Å². The van der Waals surface area contributed by atoms with Crippen LogP contribution in [0.15, 0.2) is 41.4 Å². The highest BCUT2D eigenvalue weighted by Gasteiger charge is 2.42. The smallest absolute Gasteiger partial charge is 0.391 e. The number of aliphatic hydroxyl groups is 1. The third-order valence-electron chi connectivity index (χ3n) is 8.49. The van der Waals surface area contributed by atoms with Gasteiger partial charge >= 0.3 is 6.18 Å². The quantitative estimate of drug-likeness (QED) is 0.391. The van der Waals surface area contributed by atoms with Gasteiger partial charge in [0.15, 0.2) is 9.84 Å². The van der Waals surface area contributed by atoms with Crippen LogP contribution in [0.3, 0.4) is 0 Å². The first-order valence-corrected chi connectivity index (χ1v) is 16.0. The van der Waals surface area contributed by atoms with Gasteiger partial charge in [0.25, 0.3) is 5.91 Å². The van der Waals surface area contributed by atoms with Crippen molar-refractivity contribution in [2.45, 2.75) is 89.2 Å². The molecule has 1 aromatic carbocycles. The molecule has 0 saturated heterocycles. The first kappa shape index (κ1) is 31.4. The molecule has 7 nitrogen and oxygen atoms in total. The summed E-state index contributed by atoms with van der Waals surface area (Å²) in [5, 5.41) is 13.3. The zero-order valence-corrected chi connectivity index (χ0v) is 24.8. The highest BCUT2D eigenvalue weighted by molar-refractivity contribution is 7.91. The van der Waals surface area contributed by atoms with Crippen LogP contribution in [0.2, 0.25) is 0 Å². The lowest BCUT2D eigenvalue weighted by Gasteiger charge is -2.35. The molecule has 0 spiro atoms. The Labute approximate surface area is 240 Å². The Morgan fingerprint density at radius 1 is 1.12 bits per heavy atom. The Morgan fingerprint density at radius 2 is 1.76 bits per heavy atom. The van der Waals surface area contributed by atoms with E-state index >= 15 is 0 Å². The number of sulfone groups is 1. The van der Waals surface area contributed by atoms with Crippen molar-refractivity contribution < 1.29 is 31.5 Å². The van der Waals surface area contributed by atoms with Gasteiger partial charge in [0.1, 0.15) is 0 Å². The number of pyridine rings is 1. The summed E-state index contributed by atoms with van der Waals surface area (Å²) in [7, 11) is -3.37. The second-order valence-electron chi connectivity index (χ2n) is 11.8. The summed E-state index contributed by atoms with van der Waals surface area (Å²) in [6, 6.07) is 7.20. The van der Waals surface area contributed by atoms with E-state index in [1.165, 1.54) is 18.3 Å². The van der Waals surface area contributed by atoms with Gasteiger partial charge in [-0.1, -0.05) is 32.9 Å². The fourth-order valence-electron chi connectivity index (χ4n) is 6.20. The molecule has 4 rings (SSSR count). The molecule has 0 radical (unpaired) electrons. The van der Waals surface area contributed by atoms with E-state index in [4.69, 9.17) is 0 Å². The Kier molecular flexibility index (Phi) is 9.50. The number of carbonyl (C=O) groups is 1. The lowest BCUT2D eigenvalue weighted by molar-refractivity contribution is -0.184. The van der Waals surface area contributed by atoms with E-state index < -0.39 is 40.0 Å². The van der Waals surface area contributed by atoms with Crippen LogP contribution in [0.25, 0.3) is 0 Å². The van der Waals surface area contributed by atoms with Crippen molar-refractivity contribution in [2.24, 2.45) is 17.8 Å². The van der Waals surface area contributed by atoms with Gasteiger partial charge in [-0.3, -0.25) is 14.7 Å². The maximum Gasteiger partial charge on any atom is 0.391 e. The van der Waals surface area contributed by atoms with Crippen molar-refractivity contribution in [3.05, 3.63) is 58.9 Å². The minimum Gasteiger partial charge on any atom is -0.391 e. The first-order chi connectivity index (χ1) is 19.2. The van der Waals surface area contributed by atoms with Gasteiger partial charge in [-0.15, -0.1) is 0 Å². The molecule has 2 aliphatic rings. The Balaban J connectivity index is 1.47. The number of nitrogens with one attached hydrogen (secondary N) is 1. The number of aliphatic hydroxyl groups excluding tert-OH is 1. The molecule has 0 unspecified atom stereocenters. The largest absolute Gasteiger partial charge is 0.391 e. The topological polar surface area (TPSA) is 99.6 Å². The zero-order valence-electron chi connectivity index (χ0n) is 24.0. The minimum atomic E-state index is -4.12. The standard InChI is InChI=1S/C30H40F3N3O4S/c1-5-41(39,40)25-12-8-21(9-13-25)26(19(4)37)35-29(38)22-14-23-17-36(28(18(2)3)27(23)34-15-22)16-20-6-10-24(11-7-20)30(31,32)33/h8-9,12-15,18-20,24,26,28,37H,5-7,10-11,16-17H2,1-4H3,(H,35,38)/t19-,20-,24-,26-,28+/m1/s1. The van der Waals surface area contributed by atoms with Crippen LogP contribution in [0, 0.1) is 17.8 Å². The van der Waals surface area contributed by atoms with Crippen LogP contribution in [-0.4, -0.2) is 53.9 Å². The number of rotatable bonds is 9. The molecule has 1 saturated carbocycles. The number of hydrogen-bond donors (Lipinski definition) is 2. The number of benzene rings is 1. The predicted molar refractivity (Wildman–Crippen MR) is 150 cm³/mol. The van der Waals surface area contributed by atoms with E-state index in [0.29, 0.717) is 37.1 Å². The van der Waals surface area contributed by atoms with Crippen LogP contribution in [0.4, 0.5) is 13.2 Å². The number of carbonyl (C=O) groups excluding carboxylic acids is 1. The average molecular weight is 596 g/mol. The number of nitrogens with zero attached hydrogens (tertiary/aromatic N) is 2. The van der Waals surface area contributed by atoms with E-state index in [2.05, 4.69) is 29.0 Å². The van der Waals surface area contributed by atoms with Crippen molar-refractivity contribution in [1.82, 2.24) is 15.2 Å². The molecule has 1 aromatic heterocycles. The normalized spacial score (nSPS) is 23.3. The van der Waals surface area contributed by atoms with Crippen molar-refractivity contribution in [2.75, 3.05) is 12.3 Å². The maximum absolute atomic E-state index is 13.3. The number of aromatic nitrogens is 1. The van der Waals surface area contributed by atoms with Gasteiger partial charge < -0.3 is 10.4 Å². The summed E-state index contributed by atoms with van der Waals surface area (Å²) in [6.07, 6.45) is -2.09. The number of amides is 1. The van der Waals surface area contributed by atoms with Crippen molar-refractivity contribution in [1.29, 1.82) is 0 Å². The van der Waals surface area contributed by atoms with E-state index in [0.717, 1.165) is 11.3 Å². The zero-order chi connectivity index (χ0) is 30.1. The van der Waals surface area contributed by atoms with Gasteiger partial charge in [-0.05, 0) is 73.8 Å². The van der Waals surface area contributed by atoms with Crippen LogP contribution in [0.1, 0.15) is 92.6 Å². The lowest BCUT2D eigenvalue weighted by atomic mass is 9.81. The summed E-state index contributed by atoms with van der Waals surface area (Å²) in [5.74, 6) is -1.22. The Bertz CT molecular complexity index is 1320. The number of hydrogen-bond acceptors (Lipinski definition) is 6. The third kappa shape index (κ3) is 7.11. The van der Waals surface area contributed by atoms with Gasteiger partial charge in [-0.25, -0.2) is 8.42 Å². The fourth-order valence-corrected chi connectivity index (χ4v) is 7.09. The number of fused-ring (bicyclic) bond motifs is 1. The highest BCUT2D eigenvalue weighted by atomic mass is 32.2. The Hall–Kier alpha value is -2.50. The molecular weight excluding hydrogens is 555 g/mol. The maximum atomic E-state index is 13.3. The molecular formula is C30H40F3N3O4S. The molecule has 1 fully saturated rings. The monoisotopic (exact) mass is 595 g/mol. The van der Waals surface area contributed by atoms with Crippen molar-refractivity contribution in [3.63, 3.8) is 0 Å². The molecule has 1 aliphatic heterocycles. The molecule has 3 atom stereocenters. The minimum absolute atomic E-state index is 0.0191. The average Bonchev–Trinajstić information content (AvgIpc) is 3.28. The molecule has 0 bridgehead atoms. The van der Waals surface area contributed by atoms with Gasteiger partial charge in [0.2, 0.25) is 0 Å². The lowest BCUT2D eigenvalue weighted by Crippen LogP contribution is -2.35. The van der Waals surface area contributed by atoms with Gasteiger partial charge in [0.05, 0.1) is 46.0 Å². The van der Waals surface area contributed by atoms with Crippen LogP contribution < -0.4 is 5.32 Å². The van der Waals surface area contributed by atoms with E-state index in [1.807, 2.05) is 6.07 Å². The number of halogens is 3. The summed E-state index contributed by atoms with van der Waals surface area (Å²) >= 11 is 0. The molecule has 226 valence electrons. The highest BCUT2D eigenvalue weighted by Crippen LogP contribution is 2.43. The second kappa shape index (κ2) is 12.4. The van der Waals surface area contributed by atoms with Crippen molar-refractivity contribution >= 4 is 15.7 Å². The number of alkyl halides is 3. The van der Waals surface area contributed by atoms with E-state index in [9.17, 15) is 31.5 Å². The van der Waals surface area contributed by atoms with Crippen LogP contribution in [0.5, 0.6) is 0 Å². The summed E-state index contributed by atoms with van der Waals surface area (Å²) in [5.41, 5.74) is 2.72. The van der Waals surface area contributed by atoms with Crippen LogP contribution >= 0.6 is 0 Å². The van der Waals surface area contributed by atoms with Gasteiger partial charge in [0, 0.05) is 19.3 Å². The van der Waals surface area contributed by atoms with Crippen LogP contribution in [-0.2, 0) is 16.4 Å². The second-order valence-corrected chi connectivity index (χ2v) is 14.1. The summed E-state index contributed by atoms with van der Waals surface area (Å²) in [4.78, 5) is 20.4. The molecule has 1 aliphatic carbocycles. The fraction of sp³-hybridized carbons (Fsp3) is 0.600. The molecule has 2 N–H and O–H groups in total. The molecule has 41 heavy (non-hydrogen) atoms. The molecule has 2 aromatic rings.